The number of hydrogen-bond acceptors (Lipinski definition) is 3. The summed E-state index contributed by atoms with van der Waals surface area (Å²) in [5, 5.41) is 2.31. The molecule has 0 bridgehead atoms. The van der Waals surface area contributed by atoms with E-state index in [0.29, 0.717) is 5.69 Å². The molecule has 2 amide bonds. The molecule has 2 rings (SSSR count). The molecule has 0 aliphatic carbocycles. The second-order valence-electron chi connectivity index (χ2n) is 3.67. The molecule has 4 nitrogen and oxygen atoms in total. The maximum Gasteiger partial charge on any atom is 0.244 e. The molecule has 1 atom stereocenters. The van der Waals surface area contributed by atoms with Crippen LogP contribution in [0.1, 0.15) is 6.92 Å². The molecule has 1 aromatic carbocycles. The van der Waals surface area contributed by atoms with Crippen molar-refractivity contribution in [3.63, 3.8) is 0 Å². The lowest BCUT2D eigenvalue weighted by Gasteiger charge is -2.30. The Morgan fingerprint density at radius 3 is 2.88 bits per heavy atom. The van der Waals surface area contributed by atoms with E-state index in [1.54, 1.807) is 13.0 Å². The fraction of sp³-hybridized carbons (Fsp3) is 0.273. The zero-order valence-corrected chi connectivity index (χ0v) is 9.70. The Morgan fingerprint density at radius 1 is 1.50 bits per heavy atom. The molecular weight excluding hydrogens is 224 g/mol. The smallest absolute Gasteiger partial charge is 0.244 e. The van der Waals surface area contributed by atoms with Crippen molar-refractivity contribution in [2.75, 3.05) is 16.8 Å². The number of carbonyl (C=O) groups is 2. The van der Waals surface area contributed by atoms with E-state index in [0.717, 1.165) is 5.69 Å². The quantitative estimate of drug-likeness (QED) is 0.722. The second kappa shape index (κ2) is 4.17. The third-order valence-corrected chi connectivity index (χ3v) is 2.61. The van der Waals surface area contributed by atoms with Gasteiger partial charge in [-0.2, -0.15) is 12.6 Å². The van der Waals surface area contributed by atoms with Crippen LogP contribution in [0.4, 0.5) is 11.4 Å². The summed E-state index contributed by atoms with van der Waals surface area (Å²) >= 11 is 4.10. The van der Waals surface area contributed by atoms with Crippen molar-refractivity contribution < 1.29 is 9.59 Å². The zero-order chi connectivity index (χ0) is 11.7. The van der Waals surface area contributed by atoms with Crippen LogP contribution in [-0.2, 0) is 9.59 Å². The minimum Gasteiger partial charge on any atom is -0.323 e. The minimum absolute atomic E-state index is 0.0563. The summed E-state index contributed by atoms with van der Waals surface area (Å²) < 4.78 is 0. The first-order valence-electron chi connectivity index (χ1n) is 4.98. The van der Waals surface area contributed by atoms with Gasteiger partial charge >= 0.3 is 0 Å². The predicted molar refractivity (Wildman–Crippen MR) is 65.9 cm³/mol. The first-order valence-corrected chi connectivity index (χ1v) is 5.49. The molecule has 1 aliphatic heterocycles. The van der Waals surface area contributed by atoms with Crippen LogP contribution in [0.25, 0.3) is 0 Å². The van der Waals surface area contributed by atoms with Crippen LogP contribution in [0.15, 0.2) is 24.3 Å². The van der Waals surface area contributed by atoms with Crippen molar-refractivity contribution in [3.05, 3.63) is 24.3 Å². The lowest BCUT2D eigenvalue weighted by Crippen LogP contribution is -2.44. The molecule has 1 unspecified atom stereocenters. The largest absolute Gasteiger partial charge is 0.323 e. The van der Waals surface area contributed by atoms with E-state index in [9.17, 15) is 9.59 Å². The summed E-state index contributed by atoms with van der Waals surface area (Å²) in [6.07, 6.45) is 0. The lowest BCUT2D eigenvalue weighted by molar-refractivity contribution is -0.121. The van der Waals surface area contributed by atoms with Crippen molar-refractivity contribution in [3.8, 4) is 0 Å². The summed E-state index contributed by atoms with van der Waals surface area (Å²) in [6, 6.07) is 7.23. The standard InChI is InChI=1S/C11H12N2O2S/c1-7(16)11(15)13-6-10(14)12-8-4-2-3-5-9(8)13/h2-5,7,16H,6H2,1H3,(H,12,14). The van der Waals surface area contributed by atoms with E-state index >= 15 is 0 Å². The van der Waals surface area contributed by atoms with Crippen LogP contribution in [0.5, 0.6) is 0 Å². The van der Waals surface area contributed by atoms with Gasteiger partial charge in [-0.25, -0.2) is 0 Å². The van der Waals surface area contributed by atoms with E-state index in [1.165, 1.54) is 4.90 Å². The Kier molecular flexibility index (Phi) is 2.87. The number of hydrogen-bond donors (Lipinski definition) is 2. The fourth-order valence-corrected chi connectivity index (χ4v) is 1.79. The number of thiol groups is 1. The van der Waals surface area contributed by atoms with Gasteiger partial charge in [0.15, 0.2) is 0 Å². The van der Waals surface area contributed by atoms with Crippen molar-refractivity contribution >= 4 is 35.8 Å². The van der Waals surface area contributed by atoms with Gasteiger partial charge in [-0.05, 0) is 19.1 Å². The van der Waals surface area contributed by atoms with Crippen molar-refractivity contribution in [2.45, 2.75) is 12.2 Å². The third-order valence-electron chi connectivity index (χ3n) is 2.39. The first kappa shape index (κ1) is 11.0. The average molecular weight is 236 g/mol. The van der Waals surface area contributed by atoms with Crippen molar-refractivity contribution in [2.24, 2.45) is 0 Å². The van der Waals surface area contributed by atoms with E-state index in [1.807, 2.05) is 18.2 Å². The van der Waals surface area contributed by atoms with Gasteiger partial charge in [0.2, 0.25) is 11.8 Å². The Balaban J connectivity index is 2.41. The Bertz CT molecular complexity index is 445. The number of fused-ring (bicyclic) bond motifs is 1. The van der Waals surface area contributed by atoms with Gasteiger partial charge in [-0.15, -0.1) is 0 Å². The molecule has 1 N–H and O–H groups in total. The molecule has 1 aliphatic rings. The summed E-state index contributed by atoms with van der Waals surface area (Å²) in [5.74, 6) is -0.341. The molecule has 0 saturated carbocycles. The van der Waals surface area contributed by atoms with Crippen molar-refractivity contribution in [1.82, 2.24) is 0 Å². The van der Waals surface area contributed by atoms with E-state index in [2.05, 4.69) is 17.9 Å². The van der Waals surface area contributed by atoms with Gasteiger partial charge in [-0.3, -0.25) is 14.5 Å². The molecular formula is C11H12N2O2S. The highest BCUT2D eigenvalue weighted by Crippen LogP contribution is 2.29. The number of rotatable bonds is 1. The lowest BCUT2D eigenvalue weighted by atomic mass is 10.2. The average Bonchev–Trinajstić information content (AvgIpc) is 2.26. The number of nitrogens with zero attached hydrogens (tertiary/aromatic N) is 1. The van der Waals surface area contributed by atoms with Crippen LogP contribution in [0, 0.1) is 0 Å². The van der Waals surface area contributed by atoms with E-state index < -0.39 is 5.25 Å². The number of benzene rings is 1. The van der Waals surface area contributed by atoms with Crippen LogP contribution in [0.2, 0.25) is 0 Å². The first-order chi connectivity index (χ1) is 7.59. The molecule has 0 spiro atoms. The number of amides is 2. The van der Waals surface area contributed by atoms with Gasteiger partial charge in [-0.1, -0.05) is 12.1 Å². The SMILES string of the molecule is CC(S)C(=O)N1CC(=O)Nc2ccccc21. The van der Waals surface area contributed by atoms with Gasteiger partial charge in [0, 0.05) is 0 Å². The molecule has 0 saturated heterocycles. The summed E-state index contributed by atoms with van der Waals surface area (Å²) in [4.78, 5) is 24.8. The predicted octanol–water partition coefficient (Wildman–Crippen LogP) is 1.29. The monoisotopic (exact) mass is 236 g/mol. The minimum atomic E-state index is -0.418. The third kappa shape index (κ3) is 1.90. The molecule has 84 valence electrons. The Hall–Kier alpha value is -1.49. The van der Waals surface area contributed by atoms with Crippen LogP contribution < -0.4 is 10.2 Å². The molecule has 16 heavy (non-hydrogen) atoms. The molecule has 1 heterocycles. The highest BCUT2D eigenvalue weighted by molar-refractivity contribution is 7.81. The van der Waals surface area contributed by atoms with Gasteiger partial charge < -0.3 is 5.32 Å². The number of carbonyl (C=O) groups excluding carboxylic acids is 2. The summed E-state index contributed by atoms with van der Waals surface area (Å²) in [7, 11) is 0. The van der Waals surface area contributed by atoms with E-state index in [-0.39, 0.29) is 18.4 Å². The molecule has 0 fully saturated rings. The van der Waals surface area contributed by atoms with Gasteiger partial charge in [0.1, 0.15) is 6.54 Å². The zero-order valence-electron chi connectivity index (χ0n) is 8.80. The molecule has 0 aromatic heterocycles. The fourth-order valence-electron chi connectivity index (χ4n) is 1.66. The number of anilines is 2. The van der Waals surface area contributed by atoms with Crippen LogP contribution in [-0.4, -0.2) is 23.6 Å². The highest BCUT2D eigenvalue weighted by atomic mass is 32.1. The normalized spacial score (nSPS) is 16.4. The Morgan fingerprint density at radius 2 is 2.19 bits per heavy atom. The number of para-hydroxylation sites is 2. The van der Waals surface area contributed by atoms with Crippen LogP contribution in [0.3, 0.4) is 0 Å². The van der Waals surface area contributed by atoms with Gasteiger partial charge in [0.05, 0.1) is 16.6 Å². The molecule has 0 radical (unpaired) electrons. The van der Waals surface area contributed by atoms with Crippen LogP contribution >= 0.6 is 12.6 Å². The van der Waals surface area contributed by atoms with E-state index in [4.69, 9.17) is 0 Å². The Labute approximate surface area is 99.0 Å². The molecule has 5 heteroatoms. The number of nitrogens with one attached hydrogen (secondary N) is 1. The second-order valence-corrected chi connectivity index (χ2v) is 4.44. The van der Waals surface area contributed by atoms with Gasteiger partial charge in [0.25, 0.3) is 0 Å². The van der Waals surface area contributed by atoms with Crippen molar-refractivity contribution in [1.29, 1.82) is 0 Å². The highest BCUT2D eigenvalue weighted by Gasteiger charge is 2.27. The summed E-state index contributed by atoms with van der Waals surface area (Å²) in [5.41, 5.74) is 1.40. The maximum absolute atomic E-state index is 11.9. The maximum atomic E-state index is 11.9. The molecule has 1 aromatic rings. The topological polar surface area (TPSA) is 49.4 Å². The summed E-state index contributed by atoms with van der Waals surface area (Å²) in [6.45, 7) is 1.75.